The summed E-state index contributed by atoms with van der Waals surface area (Å²) in [5.41, 5.74) is 12.6. The Bertz CT molecular complexity index is 1200. The first-order chi connectivity index (χ1) is 15.2. The van der Waals surface area contributed by atoms with E-state index in [0.29, 0.717) is 5.57 Å². The Kier molecular flexibility index (Phi) is 5.47. The van der Waals surface area contributed by atoms with Crippen molar-refractivity contribution in [2.75, 3.05) is 13.1 Å². The third kappa shape index (κ3) is 3.96. The van der Waals surface area contributed by atoms with Gasteiger partial charge in [-0.25, -0.2) is 0 Å². The van der Waals surface area contributed by atoms with E-state index in [0.717, 1.165) is 47.7 Å². The van der Waals surface area contributed by atoms with Crippen molar-refractivity contribution in [2.24, 2.45) is 5.73 Å². The molecule has 4 heterocycles. The van der Waals surface area contributed by atoms with Crippen LogP contribution >= 0.6 is 22.7 Å². The van der Waals surface area contributed by atoms with Crippen molar-refractivity contribution in [1.29, 1.82) is 5.26 Å². The van der Waals surface area contributed by atoms with Crippen molar-refractivity contribution in [1.82, 2.24) is 0 Å². The highest BCUT2D eigenvalue weighted by Crippen LogP contribution is 2.42. The number of nitrogens with one attached hydrogen (secondary N) is 1. The van der Waals surface area contributed by atoms with Gasteiger partial charge in [-0.3, -0.25) is 0 Å². The summed E-state index contributed by atoms with van der Waals surface area (Å²) < 4.78 is 6.12. The molecule has 0 saturated carbocycles. The van der Waals surface area contributed by atoms with Gasteiger partial charge in [-0.15, -0.1) is 0 Å². The van der Waals surface area contributed by atoms with Gasteiger partial charge >= 0.3 is 0 Å². The summed E-state index contributed by atoms with van der Waals surface area (Å²) in [5.74, 6) is 0.910. The Labute approximate surface area is 189 Å². The van der Waals surface area contributed by atoms with Gasteiger partial charge in [0.1, 0.15) is 37.0 Å². The van der Waals surface area contributed by atoms with E-state index in [4.69, 9.17) is 10.5 Å². The molecule has 2 aliphatic heterocycles. The average molecular weight is 445 g/mol. The van der Waals surface area contributed by atoms with E-state index >= 15 is 0 Å². The number of benzene rings is 1. The van der Waals surface area contributed by atoms with Gasteiger partial charge < -0.3 is 15.4 Å². The Hall–Kier alpha value is -3.11. The zero-order chi connectivity index (χ0) is 21.2. The van der Waals surface area contributed by atoms with Crippen molar-refractivity contribution in [2.45, 2.75) is 12.5 Å². The van der Waals surface area contributed by atoms with Crippen molar-refractivity contribution in [3.8, 4) is 6.07 Å². The average Bonchev–Trinajstić information content (AvgIpc) is 3.48. The molecule has 2 atom stereocenters. The fourth-order valence-corrected chi connectivity index (χ4v) is 5.73. The molecule has 3 N–H and O–H groups in total. The predicted octanol–water partition coefficient (Wildman–Crippen LogP) is 4.05. The molecule has 0 fully saturated rings. The molecule has 2 aromatic heterocycles. The Morgan fingerprint density at radius 2 is 1.90 bits per heavy atom. The van der Waals surface area contributed by atoms with Crippen LogP contribution in [0.3, 0.4) is 0 Å². The first-order valence-electron chi connectivity index (χ1n) is 10.2. The lowest BCUT2D eigenvalue weighted by Crippen LogP contribution is -3.12. The van der Waals surface area contributed by atoms with Gasteiger partial charge in [0.15, 0.2) is 0 Å². The van der Waals surface area contributed by atoms with Crippen molar-refractivity contribution >= 4 is 28.7 Å². The summed E-state index contributed by atoms with van der Waals surface area (Å²) in [6.45, 7) is 2.56. The van der Waals surface area contributed by atoms with Gasteiger partial charge in [0.05, 0.1) is 5.92 Å². The van der Waals surface area contributed by atoms with E-state index in [-0.39, 0.29) is 11.8 Å². The summed E-state index contributed by atoms with van der Waals surface area (Å²) in [7, 11) is 0. The van der Waals surface area contributed by atoms with Gasteiger partial charge in [-0.1, -0.05) is 30.3 Å². The zero-order valence-corrected chi connectivity index (χ0v) is 18.5. The van der Waals surface area contributed by atoms with Crippen LogP contribution < -0.4 is 10.6 Å². The third-order valence-electron chi connectivity index (χ3n) is 5.76. The second kappa shape index (κ2) is 8.56. The van der Waals surface area contributed by atoms with E-state index < -0.39 is 0 Å². The maximum atomic E-state index is 9.89. The summed E-state index contributed by atoms with van der Waals surface area (Å²) in [6.07, 6.45) is 2.20. The van der Waals surface area contributed by atoms with Gasteiger partial charge in [-0.2, -0.15) is 27.9 Å². The Balaban J connectivity index is 1.60. The van der Waals surface area contributed by atoms with Gasteiger partial charge in [0.2, 0.25) is 5.88 Å². The number of rotatable bonds is 4. The molecule has 0 amide bonds. The molecule has 31 heavy (non-hydrogen) atoms. The molecule has 5 rings (SSSR count). The first-order valence-corrected chi connectivity index (χ1v) is 12.0. The molecule has 0 spiro atoms. The van der Waals surface area contributed by atoms with E-state index in [1.165, 1.54) is 10.5 Å². The maximum Gasteiger partial charge on any atom is 0.205 e. The summed E-state index contributed by atoms with van der Waals surface area (Å²) in [4.78, 5) is 1.42. The van der Waals surface area contributed by atoms with Crippen LogP contribution in [-0.4, -0.2) is 13.1 Å². The molecule has 1 aromatic carbocycles. The fourth-order valence-electron chi connectivity index (χ4n) is 4.42. The van der Waals surface area contributed by atoms with Crippen LogP contribution in [0.15, 0.2) is 92.3 Å². The molecule has 6 heteroatoms. The number of allylic oxidation sites excluding steroid dienone is 1. The summed E-state index contributed by atoms with van der Waals surface area (Å²) >= 11 is 3.32. The van der Waals surface area contributed by atoms with Gasteiger partial charge in [-0.05, 0) is 50.9 Å². The molecule has 154 valence electrons. The Morgan fingerprint density at radius 1 is 1.10 bits per heavy atom. The van der Waals surface area contributed by atoms with Crippen LogP contribution in [0.4, 0.5) is 0 Å². The van der Waals surface area contributed by atoms with Crippen LogP contribution in [0, 0.1) is 11.3 Å². The lowest BCUT2D eigenvalue weighted by atomic mass is 9.81. The van der Waals surface area contributed by atoms with Crippen molar-refractivity contribution in [3.63, 3.8) is 0 Å². The molecule has 0 saturated heterocycles. The SMILES string of the molecule is N#CC1=C(N)OC2=C(C[NH+](Cc3ccccc3)C/C2=C\c2ccsc2)[C@@H]1c1ccsc1. The van der Waals surface area contributed by atoms with Crippen LogP contribution in [0.2, 0.25) is 0 Å². The number of thiophene rings is 2. The molecular weight excluding hydrogens is 422 g/mol. The molecule has 0 bridgehead atoms. The number of hydrogen-bond donors (Lipinski definition) is 2. The molecule has 4 nitrogen and oxygen atoms in total. The smallest absolute Gasteiger partial charge is 0.205 e. The topological polar surface area (TPSA) is 63.5 Å². The standard InChI is InChI=1S/C25H21N3OS2/c26-11-21-23(19-7-9-31-16-19)22-14-28(12-17-4-2-1-3-5-17)13-20(24(22)29-25(21)27)10-18-6-8-30-15-18/h1-10,15-16,23H,12-14,27H2/p+1/b20-10+/t23-/m1/s1. The minimum absolute atomic E-state index is 0.156. The van der Waals surface area contributed by atoms with Crippen LogP contribution in [0.1, 0.15) is 22.6 Å². The second-order valence-electron chi connectivity index (χ2n) is 7.83. The van der Waals surface area contributed by atoms with Gasteiger partial charge in [0.25, 0.3) is 0 Å². The van der Waals surface area contributed by atoms with E-state index in [9.17, 15) is 5.26 Å². The fraction of sp³-hybridized carbons (Fsp3) is 0.160. The monoisotopic (exact) mass is 444 g/mol. The highest BCUT2D eigenvalue weighted by atomic mass is 32.1. The molecule has 1 unspecified atom stereocenters. The van der Waals surface area contributed by atoms with E-state index in [1.807, 2.05) is 6.07 Å². The number of nitrogens with zero attached hydrogens (tertiary/aromatic N) is 1. The first kappa shape index (κ1) is 19.8. The Morgan fingerprint density at radius 3 is 2.61 bits per heavy atom. The third-order valence-corrected chi connectivity index (χ3v) is 7.16. The summed E-state index contributed by atoms with van der Waals surface area (Å²) in [6, 6.07) is 17.1. The normalized spacial score (nSPS) is 22.2. The zero-order valence-electron chi connectivity index (χ0n) is 16.9. The number of hydrogen-bond acceptors (Lipinski definition) is 5. The number of ether oxygens (including phenoxy) is 1. The van der Waals surface area contributed by atoms with E-state index in [1.54, 1.807) is 22.7 Å². The maximum absolute atomic E-state index is 9.89. The highest BCUT2D eigenvalue weighted by Gasteiger charge is 2.39. The lowest BCUT2D eigenvalue weighted by molar-refractivity contribution is -0.906. The molecular formula is C25H22N3OS2+. The molecule has 0 aliphatic carbocycles. The highest BCUT2D eigenvalue weighted by molar-refractivity contribution is 7.08. The second-order valence-corrected chi connectivity index (χ2v) is 9.39. The quantitative estimate of drug-likeness (QED) is 0.638. The van der Waals surface area contributed by atoms with Crippen LogP contribution in [0.5, 0.6) is 0 Å². The molecule has 2 aliphatic rings. The minimum Gasteiger partial charge on any atom is -0.440 e. The molecule has 0 radical (unpaired) electrons. The van der Waals surface area contributed by atoms with Crippen LogP contribution in [0.25, 0.3) is 6.08 Å². The lowest BCUT2D eigenvalue weighted by Gasteiger charge is -2.36. The molecule has 3 aromatic rings. The minimum atomic E-state index is -0.156. The number of nitriles is 1. The number of quaternary nitrogens is 1. The largest absolute Gasteiger partial charge is 0.440 e. The predicted molar refractivity (Wildman–Crippen MR) is 125 cm³/mol. The summed E-state index contributed by atoms with van der Waals surface area (Å²) in [5, 5.41) is 18.3. The van der Waals surface area contributed by atoms with Crippen molar-refractivity contribution < 1.29 is 9.64 Å². The van der Waals surface area contributed by atoms with Crippen molar-refractivity contribution in [3.05, 3.63) is 109 Å². The van der Waals surface area contributed by atoms with Crippen LogP contribution in [-0.2, 0) is 11.3 Å². The van der Waals surface area contributed by atoms with E-state index in [2.05, 4.69) is 70.1 Å². The number of nitrogens with two attached hydrogens (primary N) is 1. The van der Waals surface area contributed by atoms with Gasteiger partial charge in [0, 0.05) is 16.7 Å².